The highest BCUT2D eigenvalue weighted by Crippen LogP contribution is 2.22. The summed E-state index contributed by atoms with van der Waals surface area (Å²) >= 11 is 1.78. The molecule has 0 bridgehead atoms. The molecule has 1 N–H and O–H groups in total. The van der Waals surface area contributed by atoms with E-state index in [0.717, 1.165) is 38.7 Å². The zero-order valence-electron chi connectivity index (χ0n) is 14.9. The number of thiophene rings is 1. The van der Waals surface area contributed by atoms with E-state index in [-0.39, 0.29) is 29.9 Å². The number of amides is 1. The number of carbonyl (C=O) groups excluding carboxylic acids is 1. The Balaban J connectivity index is 0.00000288. The normalized spacial score (nSPS) is 16.8. The summed E-state index contributed by atoms with van der Waals surface area (Å²) in [6.45, 7) is 5.62. The highest BCUT2D eigenvalue weighted by atomic mass is 127. The first kappa shape index (κ1) is 21.2. The predicted molar refractivity (Wildman–Crippen MR) is 111 cm³/mol. The second-order valence-electron chi connectivity index (χ2n) is 5.92. The number of hydrogen-bond acceptors (Lipinski definition) is 4. The first-order valence-electron chi connectivity index (χ1n) is 7.94. The summed E-state index contributed by atoms with van der Waals surface area (Å²) in [5.74, 6) is 1.06. The van der Waals surface area contributed by atoms with Gasteiger partial charge in [0.1, 0.15) is 0 Å². The van der Waals surface area contributed by atoms with E-state index in [1.165, 1.54) is 4.88 Å². The smallest absolute Gasteiger partial charge is 0.219 e. The van der Waals surface area contributed by atoms with Gasteiger partial charge < -0.3 is 20.0 Å². The standard InChI is InChI=1S/C16H27N5OS.HI/c1-13(22)20-7-9-21(10-8-20)16(17-2)18-12-14(19(3)4)15-6-5-11-23-15;/h5-6,11,14H,7-10,12H2,1-4H3,(H,17,18);1H. The largest absolute Gasteiger partial charge is 0.354 e. The number of rotatable bonds is 4. The van der Waals surface area contributed by atoms with Gasteiger partial charge in [0, 0.05) is 51.6 Å². The molecule has 1 saturated heterocycles. The summed E-state index contributed by atoms with van der Waals surface area (Å²) in [5, 5.41) is 5.60. The van der Waals surface area contributed by atoms with E-state index in [9.17, 15) is 4.79 Å². The van der Waals surface area contributed by atoms with Crippen molar-refractivity contribution in [3.63, 3.8) is 0 Å². The molecule has 1 aromatic rings. The van der Waals surface area contributed by atoms with Crippen LogP contribution in [0.15, 0.2) is 22.5 Å². The Morgan fingerprint density at radius 3 is 2.42 bits per heavy atom. The second kappa shape index (κ2) is 10.2. The van der Waals surface area contributed by atoms with Gasteiger partial charge in [-0.15, -0.1) is 35.3 Å². The Morgan fingerprint density at radius 2 is 1.96 bits per heavy atom. The lowest BCUT2D eigenvalue weighted by atomic mass is 10.2. The van der Waals surface area contributed by atoms with Gasteiger partial charge >= 0.3 is 0 Å². The molecule has 0 aromatic carbocycles. The maximum atomic E-state index is 11.4. The zero-order chi connectivity index (χ0) is 16.8. The molecule has 24 heavy (non-hydrogen) atoms. The summed E-state index contributed by atoms with van der Waals surface area (Å²) in [5.41, 5.74) is 0. The minimum Gasteiger partial charge on any atom is -0.354 e. The van der Waals surface area contributed by atoms with Crippen molar-refractivity contribution in [3.05, 3.63) is 22.4 Å². The number of likely N-dealkylation sites (N-methyl/N-ethyl adjacent to an activating group) is 1. The topological polar surface area (TPSA) is 51.2 Å². The number of piperazine rings is 1. The van der Waals surface area contributed by atoms with Crippen molar-refractivity contribution < 1.29 is 4.79 Å². The average Bonchev–Trinajstić information content (AvgIpc) is 3.05. The van der Waals surface area contributed by atoms with Crippen LogP contribution in [0.25, 0.3) is 0 Å². The van der Waals surface area contributed by atoms with Crippen LogP contribution in [0.1, 0.15) is 17.8 Å². The fourth-order valence-corrected chi connectivity index (χ4v) is 3.69. The molecule has 1 aliphatic heterocycles. The van der Waals surface area contributed by atoms with E-state index >= 15 is 0 Å². The maximum absolute atomic E-state index is 11.4. The van der Waals surface area contributed by atoms with Gasteiger partial charge in [0.15, 0.2) is 5.96 Å². The molecule has 8 heteroatoms. The maximum Gasteiger partial charge on any atom is 0.219 e. The van der Waals surface area contributed by atoms with E-state index in [2.05, 4.69) is 51.7 Å². The van der Waals surface area contributed by atoms with Crippen molar-refractivity contribution in [2.75, 3.05) is 53.9 Å². The number of halogens is 1. The summed E-state index contributed by atoms with van der Waals surface area (Å²) < 4.78 is 0. The van der Waals surface area contributed by atoms with Crippen LogP contribution in [-0.2, 0) is 4.79 Å². The van der Waals surface area contributed by atoms with Crippen LogP contribution < -0.4 is 5.32 Å². The van der Waals surface area contributed by atoms with E-state index in [1.807, 2.05) is 11.9 Å². The molecule has 1 aliphatic rings. The molecule has 0 saturated carbocycles. The third-order valence-electron chi connectivity index (χ3n) is 4.18. The SMILES string of the molecule is CN=C(NCC(c1cccs1)N(C)C)N1CCN(C(C)=O)CC1.I. The molecule has 0 spiro atoms. The predicted octanol–water partition coefficient (Wildman–Crippen LogP) is 1.71. The van der Waals surface area contributed by atoms with Gasteiger partial charge in [-0.05, 0) is 25.5 Å². The lowest BCUT2D eigenvalue weighted by Gasteiger charge is -2.36. The van der Waals surface area contributed by atoms with Crippen molar-refractivity contribution >= 4 is 47.2 Å². The van der Waals surface area contributed by atoms with E-state index in [4.69, 9.17) is 0 Å². The first-order chi connectivity index (χ1) is 11.0. The lowest BCUT2D eigenvalue weighted by Crippen LogP contribution is -2.54. The third kappa shape index (κ3) is 5.59. The van der Waals surface area contributed by atoms with Gasteiger partial charge in [-0.3, -0.25) is 9.79 Å². The second-order valence-corrected chi connectivity index (χ2v) is 6.90. The van der Waals surface area contributed by atoms with Gasteiger partial charge in [-0.1, -0.05) is 6.07 Å². The van der Waals surface area contributed by atoms with Crippen LogP contribution in [0.3, 0.4) is 0 Å². The molecule has 2 rings (SSSR count). The quantitative estimate of drug-likeness (QED) is 0.418. The average molecular weight is 465 g/mol. The number of guanidine groups is 1. The Kier molecular flexibility index (Phi) is 8.99. The summed E-state index contributed by atoms with van der Waals surface area (Å²) in [4.78, 5) is 23.5. The van der Waals surface area contributed by atoms with Gasteiger partial charge in [-0.2, -0.15) is 0 Å². The minimum atomic E-state index is 0. The summed E-state index contributed by atoms with van der Waals surface area (Å²) in [6, 6.07) is 4.59. The van der Waals surface area contributed by atoms with Crippen LogP contribution in [0, 0.1) is 0 Å². The minimum absolute atomic E-state index is 0. The Hall–Kier alpha value is -0.870. The van der Waals surface area contributed by atoms with Crippen molar-refractivity contribution in [2.24, 2.45) is 4.99 Å². The number of nitrogens with one attached hydrogen (secondary N) is 1. The molecule has 2 heterocycles. The van der Waals surface area contributed by atoms with E-state index in [0.29, 0.717) is 6.04 Å². The van der Waals surface area contributed by atoms with Crippen molar-refractivity contribution in [1.29, 1.82) is 0 Å². The number of aliphatic imine (C=N–C) groups is 1. The van der Waals surface area contributed by atoms with Crippen LogP contribution in [0.2, 0.25) is 0 Å². The summed E-state index contributed by atoms with van der Waals surface area (Å²) in [6.07, 6.45) is 0. The van der Waals surface area contributed by atoms with E-state index < -0.39 is 0 Å². The van der Waals surface area contributed by atoms with Crippen LogP contribution in [0.4, 0.5) is 0 Å². The Labute approximate surface area is 165 Å². The van der Waals surface area contributed by atoms with Gasteiger partial charge in [0.25, 0.3) is 0 Å². The van der Waals surface area contributed by atoms with Crippen molar-refractivity contribution in [2.45, 2.75) is 13.0 Å². The fraction of sp³-hybridized carbons (Fsp3) is 0.625. The molecule has 6 nitrogen and oxygen atoms in total. The summed E-state index contributed by atoms with van der Waals surface area (Å²) in [7, 11) is 6.01. The number of hydrogen-bond donors (Lipinski definition) is 1. The molecule has 1 aromatic heterocycles. The molecule has 0 aliphatic carbocycles. The number of carbonyl (C=O) groups is 1. The molecule has 1 amide bonds. The number of nitrogens with zero attached hydrogens (tertiary/aromatic N) is 4. The van der Waals surface area contributed by atoms with E-state index in [1.54, 1.807) is 18.3 Å². The zero-order valence-corrected chi connectivity index (χ0v) is 18.0. The fourth-order valence-electron chi connectivity index (χ4n) is 2.77. The van der Waals surface area contributed by atoms with Crippen LogP contribution >= 0.6 is 35.3 Å². The lowest BCUT2D eigenvalue weighted by molar-refractivity contribution is -0.130. The highest BCUT2D eigenvalue weighted by Gasteiger charge is 2.22. The van der Waals surface area contributed by atoms with Crippen molar-refractivity contribution in [3.8, 4) is 0 Å². The van der Waals surface area contributed by atoms with Crippen molar-refractivity contribution in [1.82, 2.24) is 20.0 Å². The molecule has 1 unspecified atom stereocenters. The highest BCUT2D eigenvalue weighted by molar-refractivity contribution is 14.0. The molecule has 136 valence electrons. The van der Waals surface area contributed by atoms with Crippen LogP contribution in [-0.4, -0.2) is 80.4 Å². The Morgan fingerprint density at radius 1 is 1.33 bits per heavy atom. The van der Waals surface area contributed by atoms with Gasteiger partial charge in [0.2, 0.25) is 5.91 Å². The molecule has 1 atom stereocenters. The molecular formula is C16H28IN5OS. The molecular weight excluding hydrogens is 437 g/mol. The first-order valence-corrected chi connectivity index (χ1v) is 8.81. The third-order valence-corrected chi connectivity index (χ3v) is 5.16. The van der Waals surface area contributed by atoms with Crippen LogP contribution in [0.5, 0.6) is 0 Å². The molecule has 1 fully saturated rings. The Bertz CT molecular complexity index is 527. The van der Waals surface area contributed by atoms with Gasteiger partial charge in [-0.25, -0.2) is 0 Å². The monoisotopic (exact) mass is 465 g/mol. The van der Waals surface area contributed by atoms with Gasteiger partial charge in [0.05, 0.1) is 6.04 Å². The molecule has 0 radical (unpaired) electrons.